The van der Waals surface area contributed by atoms with Gasteiger partial charge in [0.1, 0.15) is 8.07 Å². The van der Waals surface area contributed by atoms with E-state index < -0.39 is 8.07 Å². The van der Waals surface area contributed by atoms with Crippen LogP contribution in [-0.4, -0.2) is 22.9 Å². The second-order valence-corrected chi connectivity index (χ2v) is 14.9. The van der Waals surface area contributed by atoms with Gasteiger partial charge < -0.3 is 0 Å². The third-order valence-corrected chi connectivity index (χ3v) is 13.7. The van der Waals surface area contributed by atoms with Gasteiger partial charge >= 0.3 is 0 Å². The SMILES string of the molecule is CC(C)[Si](c1nnn2c1cc(-c1ccccc1)c1ccccc12)(C(C)C)C(C)C. The molecule has 0 saturated heterocycles. The first-order chi connectivity index (χ1) is 13.9. The fraction of sp³-hybridized carbons (Fsp3) is 0.360. The predicted molar refractivity (Wildman–Crippen MR) is 127 cm³/mol. The van der Waals surface area contributed by atoms with Crippen LogP contribution in [0.4, 0.5) is 0 Å². The quantitative estimate of drug-likeness (QED) is 0.360. The first-order valence-electron chi connectivity index (χ1n) is 10.7. The lowest BCUT2D eigenvalue weighted by Gasteiger charge is -2.41. The average molecular weight is 402 g/mol. The van der Waals surface area contributed by atoms with E-state index in [0.717, 1.165) is 5.52 Å². The van der Waals surface area contributed by atoms with Gasteiger partial charge in [-0.15, -0.1) is 5.10 Å². The lowest BCUT2D eigenvalue weighted by molar-refractivity contribution is 0.825. The van der Waals surface area contributed by atoms with Gasteiger partial charge in [0, 0.05) is 5.39 Å². The Morgan fingerprint density at radius 2 is 1.31 bits per heavy atom. The van der Waals surface area contributed by atoms with Crippen molar-refractivity contribution in [2.24, 2.45) is 0 Å². The average Bonchev–Trinajstić information content (AvgIpc) is 3.12. The van der Waals surface area contributed by atoms with Crippen LogP contribution in [0, 0.1) is 0 Å². The molecule has 4 aromatic rings. The highest BCUT2D eigenvalue weighted by Gasteiger charge is 2.48. The van der Waals surface area contributed by atoms with E-state index in [4.69, 9.17) is 10.3 Å². The van der Waals surface area contributed by atoms with Crippen LogP contribution in [-0.2, 0) is 0 Å². The van der Waals surface area contributed by atoms with Gasteiger partial charge in [0.05, 0.1) is 16.4 Å². The zero-order valence-electron chi connectivity index (χ0n) is 18.3. The molecule has 0 fully saturated rings. The Labute approximate surface area is 174 Å². The number of rotatable bonds is 5. The molecule has 29 heavy (non-hydrogen) atoms. The van der Waals surface area contributed by atoms with Crippen LogP contribution in [0.5, 0.6) is 0 Å². The molecule has 2 aromatic heterocycles. The van der Waals surface area contributed by atoms with Crippen LogP contribution < -0.4 is 5.32 Å². The van der Waals surface area contributed by atoms with Crippen LogP contribution in [0.3, 0.4) is 0 Å². The Bertz CT molecular complexity index is 1120. The molecule has 2 heterocycles. The minimum Gasteiger partial charge on any atom is -0.213 e. The number of nitrogens with zero attached hydrogens (tertiary/aromatic N) is 3. The van der Waals surface area contributed by atoms with Crippen molar-refractivity contribution in [3.05, 3.63) is 60.7 Å². The van der Waals surface area contributed by atoms with Crippen LogP contribution in [0.15, 0.2) is 60.7 Å². The fourth-order valence-corrected chi connectivity index (χ4v) is 12.2. The summed E-state index contributed by atoms with van der Waals surface area (Å²) in [6.45, 7) is 14.3. The molecule has 0 spiro atoms. The molecular weight excluding hydrogens is 370 g/mol. The van der Waals surface area contributed by atoms with Crippen molar-refractivity contribution >= 4 is 29.8 Å². The van der Waals surface area contributed by atoms with E-state index in [2.05, 4.69) is 107 Å². The summed E-state index contributed by atoms with van der Waals surface area (Å²) < 4.78 is 2.08. The largest absolute Gasteiger partial charge is 0.213 e. The zero-order valence-corrected chi connectivity index (χ0v) is 19.3. The Morgan fingerprint density at radius 3 is 1.93 bits per heavy atom. The van der Waals surface area contributed by atoms with E-state index in [1.807, 2.05) is 0 Å². The van der Waals surface area contributed by atoms with Crippen LogP contribution in [0.25, 0.3) is 27.5 Å². The number of fused-ring (bicyclic) bond motifs is 3. The van der Waals surface area contributed by atoms with E-state index in [1.54, 1.807) is 0 Å². The summed E-state index contributed by atoms with van der Waals surface area (Å²) in [5.41, 5.74) is 6.59. The highest BCUT2D eigenvalue weighted by molar-refractivity contribution is 6.95. The normalized spacial score (nSPS) is 12.7. The van der Waals surface area contributed by atoms with E-state index >= 15 is 0 Å². The molecule has 2 aromatic carbocycles. The van der Waals surface area contributed by atoms with Crippen LogP contribution in [0.2, 0.25) is 16.6 Å². The van der Waals surface area contributed by atoms with Crippen molar-refractivity contribution in [2.45, 2.75) is 58.2 Å². The molecule has 4 rings (SSSR count). The molecule has 0 N–H and O–H groups in total. The number of pyridine rings is 1. The minimum atomic E-state index is -1.92. The number of hydrogen-bond donors (Lipinski definition) is 0. The predicted octanol–water partition coefficient (Wildman–Crippen LogP) is 6.44. The van der Waals surface area contributed by atoms with E-state index in [9.17, 15) is 0 Å². The minimum absolute atomic E-state index is 0.592. The summed E-state index contributed by atoms with van der Waals surface area (Å²) in [6, 6.07) is 21.6. The van der Waals surface area contributed by atoms with Crippen molar-refractivity contribution in [2.75, 3.05) is 0 Å². The molecule has 0 aliphatic heterocycles. The second-order valence-electron chi connectivity index (χ2n) is 9.07. The summed E-state index contributed by atoms with van der Waals surface area (Å²) in [5.74, 6) is 0. The molecule has 0 bridgehead atoms. The lowest BCUT2D eigenvalue weighted by atomic mass is 10.0. The molecule has 150 valence electrons. The van der Waals surface area contributed by atoms with Crippen molar-refractivity contribution in [1.82, 2.24) is 14.8 Å². The Balaban J connectivity index is 2.13. The molecule has 0 saturated carbocycles. The number of benzene rings is 2. The topological polar surface area (TPSA) is 30.2 Å². The Morgan fingerprint density at radius 1 is 0.724 bits per heavy atom. The summed E-state index contributed by atoms with van der Waals surface area (Å²) in [6.07, 6.45) is 0. The maximum atomic E-state index is 4.89. The first-order valence-corrected chi connectivity index (χ1v) is 12.9. The zero-order chi connectivity index (χ0) is 20.8. The van der Waals surface area contributed by atoms with Crippen molar-refractivity contribution in [3.8, 4) is 11.1 Å². The second kappa shape index (κ2) is 7.41. The van der Waals surface area contributed by atoms with Crippen molar-refractivity contribution in [1.29, 1.82) is 0 Å². The molecule has 3 nitrogen and oxygen atoms in total. The van der Waals surface area contributed by atoms with Gasteiger partial charge in [0.25, 0.3) is 0 Å². The Hall–Kier alpha value is -2.46. The van der Waals surface area contributed by atoms with E-state index in [0.29, 0.717) is 16.6 Å². The standard InChI is InChI=1S/C25H31N3Si/c1-17(2)29(18(3)4,19(5)6)25-24-16-22(20-12-8-7-9-13-20)21-14-10-11-15-23(21)28(24)27-26-25/h7-19H,1-6H3. The van der Waals surface area contributed by atoms with Crippen molar-refractivity contribution < 1.29 is 0 Å². The molecule has 0 aliphatic carbocycles. The molecular formula is C25H31N3Si. The van der Waals surface area contributed by atoms with E-state index in [1.165, 1.54) is 27.3 Å². The summed E-state index contributed by atoms with van der Waals surface area (Å²) >= 11 is 0. The molecule has 0 aliphatic rings. The molecule has 0 radical (unpaired) electrons. The van der Waals surface area contributed by atoms with Crippen LogP contribution in [0.1, 0.15) is 41.5 Å². The maximum absolute atomic E-state index is 4.89. The maximum Gasteiger partial charge on any atom is 0.123 e. The summed E-state index contributed by atoms with van der Waals surface area (Å²) in [5, 5.41) is 12.1. The number of hydrogen-bond acceptors (Lipinski definition) is 2. The number of para-hydroxylation sites is 1. The molecule has 0 amide bonds. The third kappa shape index (κ3) is 2.93. The number of aromatic nitrogens is 3. The van der Waals surface area contributed by atoms with Gasteiger partial charge in [-0.05, 0) is 39.9 Å². The van der Waals surface area contributed by atoms with Gasteiger partial charge in [0.15, 0.2) is 0 Å². The first kappa shape index (κ1) is 19.8. The summed E-state index contributed by atoms with van der Waals surface area (Å²) in [7, 11) is -1.92. The van der Waals surface area contributed by atoms with Gasteiger partial charge in [0.2, 0.25) is 0 Å². The fourth-order valence-electron chi connectivity index (χ4n) is 5.68. The smallest absolute Gasteiger partial charge is 0.123 e. The highest BCUT2D eigenvalue weighted by atomic mass is 28.3. The van der Waals surface area contributed by atoms with Crippen LogP contribution >= 0.6 is 0 Å². The monoisotopic (exact) mass is 401 g/mol. The third-order valence-electron chi connectivity index (χ3n) is 6.77. The highest BCUT2D eigenvalue weighted by Crippen LogP contribution is 2.42. The van der Waals surface area contributed by atoms with Gasteiger partial charge in [-0.25, -0.2) is 4.52 Å². The lowest BCUT2D eigenvalue weighted by Crippen LogP contribution is -2.56. The molecule has 0 unspecified atom stereocenters. The van der Waals surface area contributed by atoms with Gasteiger partial charge in [-0.2, -0.15) is 0 Å². The van der Waals surface area contributed by atoms with Gasteiger partial charge in [-0.3, -0.25) is 0 Å². The summed E-state index contributed by atoms with van der Waals surface area (Å²) in [4.78, 5) is 0. The molecule has 4 heteroatoms. The molecule has 0 atom stereocenters. The van der Waals surface area contributed by atoms with E-state index in [-0.39, 0.29) is 0 Å². The van der Waals surface area contributed by atoms with Crippen molar-refractivity contribution in [3.63, 3.8) is 0 Å². The van der Waals surface area contributed by atoms with Gasteiger partial charge in [-0.1, -0.05) is 95.3 Å². The Kier molecular flexibility index (Phi) is 5.07.